The van der Waals surface area contributed by atoms with Gasteiger partial charge >= 0.3 is 12.4 Å². The largest absolute Gasteiger partial charge is 0.484 e. The molecular weight excluding hydrogens is 539 g/mol. The van der Waals surface area contributed by atoms with Crippen molar-refractivity contribution < 1.29 is 49.8 Å². The van der Waals surface area contributed by atoms with E-state index in [2.05, 4.69) is 15.6 Å². The van der Waals surface area contributed by atoms with Crippen molar-refractivity contribution in [1.82, 2.24) is 15.6 Å². The smallest absolute Gasteiger partial charge is 0.433 e. The number of hydrogen-bond acceptors (Lipinski definition) is 5. The Kier molecular flexibility index (Phi) is 7.91. The Morgan fingerprint density at radius 2 is 1.51 bits per heavy atom. The number of nitrogens with zero attached hydrogens (tertiary/aromatic N) is 1. The summed E-state index contributed by atoms with van der Waals surface area (Å²) < 4.78 is 101. The third-order valence-corrected chi connectivity index (χ3v) is 5.09. The van der Waals surface area contributed by atoms with Gasteiger partial charge in [-0.15, -0.1) is 0 Å². The molecular formula is C22H17ClF7N3O4. The molecule has 0 saturated heterocycles. The van der Waals surface area contributed by atoms with E-state index in [1.807, 2.05) is 0 Å². The highest BCUT2D eigenvalue weighted by Crippen LogP contribution is 2.35. The van der Waals surface area contributed by atoms with E-state index in [-0.39, 0.29) is 29.3 Å². The van der Waals surface area contributed by atoms with Crippen LogP contribution >= 0.6 is 11.6 Å². The second-order valence-electron chi connectivity index (χ2n) is 8.08. The summed E-state index contributed by atoms with van der Waals surface area (Å²) in [7, 11) is 0. The predicted molar refractivity (Wildman–Crippen MR) is 114 cm³/mol. The number of benzene rings is 1. The van der Waals surface area contributed by atoms with Gasteiger partial charge in [-0.3, -0.25) is 9.59 Å². The summed E-state index contributed by atoms with van der Waals surface area (Å²) in [4.78, 5) is 26.7. The van der Waals surface area contributed by atoms with Crippen LogP contribution in [0.25, 0.3) is 0 Å². The zero-order valence-corrected chi connectivity index (χ0v) is 19.4. The molecule has 1 unspecified atom stereocenters. The first-order chi connectivity index (χ1) is 17.0. The van der Waals surface area contributed by atoms with E-state index in [1.54, 1.807) is 6.92 Å². The minimum atomic E-state index is -5.16. The molecule has 2 N–H and O–H groups in total. The van der Waals surface area contributed by atoms with Crippen molar-refractivity contribution >= 4 is 23.4 Å². The third-order valence-electron chi connectivity index (χ3n) is 4.79. The molecule has 1 heterocycles. The van der Waals surface area contributed by atoms with Gasteiger partial charge in [-0.1, -0.05) is 11.6 Å². The van der Waals surface area contributed by atoms with Gasteiger partial charge in [0.05, 0.1) is 10.6 Å². The number of pyridine rings is 1. The number of carbonyl (C=O) groups excluding carboxylic acids is 2. The van der Waals surface area contributed by atoms with E-state index < -0.39 is 65.9 Å². The fourth-order valence-corrected chi connectivity index (χ4v) is 3.34. The number of alkyl halides is 6. The fraction of sp³-hybridized carbons (Fsp3) is 0.318. The van der Waals surface area contributed by atoms with Crippen molar-refractivity contribution in [1.29, 1.82) is 0 Å². The lowest BCUT2D eigenvalue weighted by Crippen LogP contribution is -2.53. The maximum Gasteiger partial charge on any atom is 0.433 e. The monoisotopic (exact) mass is 555 g/mol. The first-order valence-corrected chi connectivity index (χ1v) is 10.6. The Labute approximate surface area is 209 Å². The molecule has 200 valence electrons. The van der Waals surface area contributed by atoms with Crippen LogP contribution in [0.15, 0.2) is 42.1 Å². The molecule has 2 aromatic rings. The van der Waals surface area contributed by atoms with Crippen LogP contribution in [-0.2, 0) is 21.9 Å². The van der Waals surface area contributed by atoms with E-state index in [0.717, 1.165) is 6.07 Å². The van der Waals surface area contributed by atoms with Crippen LogP contribution in [0.2, 0.25) is 5.02 Å². The van der Waals surface area contributed by atoms with Gasteiger partial charge in [-0.25, -0.2) is 9.37 Å². The van der Waals surface area contributed by atoms with Crippen LogP contribution in [0.5, 0.6) is 11.5 Å². The maximum atomic E-state index is 13.4. The zero-order valence-electron chi connectivity index (χ0n) is 18.7. The summed E-state index contributed by atoms with van der Waals surface area (Å²) in [5.74, 6) is -2.89. The molecule has 15 heteroatoms. The van der Waals surface area contributed by atoms with Crippen LogP contribution in [0.3, 0.4) is 0 Å². The molecule has 2 amide bonds. The van der Waals surface area contributed by atoms with Gasteiger partial charge in [-0.05, 0) is 25.1 Å². The van der Waals surface area contributed by atoms with Gasteiger partial charge in [-0.2, -0.15) is 26.3 Å². The topological polar surface area (TPSA) is 89.6 Å². The number of halogens is 8. The van der Waals surface area contributed by atoms with Crippen LogP contribution in [0.1, 0.15) is 24.7 Å². The lowest BCUT2D eigenvalue weighted by Gasteiger charge is -2.37. The van der Waals surface area contributed by atoms with Gasteiger partial charge in [0.1, 0.15) is 28.7 Å². The Morgan fingerprint density at radius 1 is 0.973 bits per heavy atom. The normalized spacial score (nSPS) is 17.4. The average Bonchev–Trinajstić information content (AvgIpc) is 2.76. The molecule has 3 rings (SSSR count). The number of nitrogens with one attached hydrogen (secondary N) is 2. The maximum absolute atomic E-state index is 13.4. The molecule has 0 spiro atoms. The van der Waals surface area contributed by atoms with Gasteiger partial charge in [0.2, 0.25) is 0 Å². The highest BCUT2D eigenvalue weighted by molar-refractivity contribution is 6.30. The average molecular weight is 556 g/mol. The summed E-state index contributed by atoms with van der Waals surface area (Å²) in [5.41, 5.74) is -4.19. The highest BCUT2D eigenvalue weighted by Gasteiger charge is 2.39. The van der Waals surface area contributed by atoms with E-state index in [1.165, 1.54) is 18.2 Å². The summed E-state index contributed by atoms with van der Waals surface area (Å²) in [6, 6.07) is 4.14. The first kappa shape index (κ1) is 28.0. The quantitative estimate of drug-likeness (QED) is 0.463. The van der Waals surface area contributed by atoms with E-state index in [9.17, 15) is 40.3 Å². The molecule has 1 aliphatic rings. The van der Waals surface area contributed by atoms with Gasteiger partial charge in [0, 0.05) is 30.3 Å². The second kappa shape index (κ2) is 10.4. The standard InChI is InChI=1S/C22H17ClF7N3O4/c1-20(33-19(35)10-36-12-2-3-14(23)15(24)4-12)7-11(8-20)31-18(34)9-37-13-5-16(21(25,26)27)32-17(6-13)22(28,29)30/h2-7H,8-10H2,1H3,(H,31,34)(H,33,35). The molecule has 37 heavy (non-hydrogen) atoms. The number of hydrogen-bond donors (Lipinski definition) is 2. The first-order valence-electron chi connectivity index (χ1n) is 10.2. The number of rotatable bonds is 8. The lowest BCUT2D eigenvalue weighted by atomic mass is 9.84. The van der Waals surface area contributed by atoms with Crippen LogP contribution < -0.4 is 20.1 Å². The molecule has 0 aliphatic heterocycles. The SMILES string of the molecule is CC1(NC(=O)COc2ccc(Cl)c(F)c2)C=C(NC(=O)COc2cc(C(F)(F)F)nc(C(F)(F)F)c2)C1. The van der Waals surface area contributed by atoms with Gasteiger partial charge in [0.25, 0.3) is 11.8 Å². The van der Waals surface area contributed by atoms with Gasteiger partial charge < -0.3 is 20.1 Å². The molecule has 1 aromatic carbocycles. The number of amides is 2. The second-order valence-corrected chi connectivity index (χ2v) is 8.49. The molecule has 0 bridgehead atoms. The van der Waals surface area contributed by atoms with E-state index in [4.69, 9.17) is 21.1 Å². The van der Waals surface area contributed by atoms with Crippen molar-refractivity contribution in [2.75, 3.05) is 13.2 Å². The minimum absolute atomic E-state index is 0.0817. The van der Waals surface area contributed by atoms with Crippen molar-refractivity contribution in [3.63, 3.8) is 0 Å². The summed E-state index contributed by atoms with van der Waals surface area (Å²) in [5, 5.41) is 4.89. The molecule has 7 nitrogen and oxygen atoms in total. The molecule has 0 fully saturated rings. The van der Waals surface area contributed by atoms with Crippen LogP contribution in [0.4, 0.5) is 30.7 Å². The molecule has 0 saturated carbocycles. The fourth-order valence-electron chi connectivity index (χ4n) is 3.23. The van der Waals surface area contributed by atoms with Crippen molar-refractivity contribution in [2.24, 2.45) is 0 Å². The molecule has 1 atom stereocenters. The Morgan fingerprint density at radius 3 is 2.05 bits per heavy atom. The van der Waals surface area contributed by atoms with Crippen LogP contribution in [-0.4, -0.2) is 35.6 Å². The number of ether oxygens (including phenoxy) is 2. The molecule has 0 radical (unpaired) electrons. The molecule has 1 aliphatic carbocycles. The van der Waals surface area contributed by atoms with Gasteiger partial charge in [0.15, 0.2) is 13.2 Å². The van der Waals surface area contributed by atoms with E-state index in [0.29, 0.717) is 5.70 Å². The van der Waals surface area contributed by atoms with Crippen molar-refractivity contribution in [2.45, 2.75) is 31.2 Å². The summed E-state index contributed by atoms with van der Waals surface area (Å²) in [6.07, 6.45) is -8.71. The Hall–Kier alpha value is -3.55. The lowest BCUT2D eigenvalue weighted by molar-refractivity contribution is -0.150. The predicted octanol–water partition coefficient (Wildman–Crippen LogP) is 4.65. The highest BCUT2D eigenvalue weighted by atomic mass is 35.5. The zero-order chi connectivity index (χ0) is 27.6. The number of carbonyl (C=O) groups is 2. The summed E-state index contributed by atoms with van der Waals surface area (Å²) in [6.45, 7) is 0.295. The Bertz CT molecular complexity index is 1200. The Balaban J connectivity index is 1.51. The van der Waals surface area contributed by atoms with Crippen molar-refractivity contribution in [3.8, 4) is 11.5 Å². The van der Waals surface area contributed by atoms with Crippen LogP contribution in [0, 0.1) is 5.82 Å². The number of aromatic nitrogens is 1. The van der Waals surface area contributed by atoms with Crippen molar-refractivity contribution in [3.05, 3.63) is 64.3 Å². The third kappa shape index (κ3) is 7.71. The van der Waals surface area contributed by atoms with E-state index >= 15 is 0 Å². The minimum Gasteiger partial charge on any atom is -0.484 e. The molecule has 1 aromatic heterocycles. The summed E-state index contributed by atoms with van der Waals surface area (Å²) >= 11 is 5.56.